The Morgan fingerprint density at radius 2 is 1.67 bits per heavy atom. The summed E-state index contributed by atoms with van der Waals surface area (Å²) in [6, 6.07) is 15.1. The topological polar surface area (TPSA) is 116 Å². The zero-order chi connectivity index (χ0) is 28.6. The van der Waals surface area contributed by atoms with Crippen molar-refractivity contribution in [2.75, 3.05) is 43.9 Å². The molecular formula is C29H40N4O5S. The quantitative estimate of drug-likeness (QED) is 0.457. The number of nitrogens with zero attached hydrogens (tertiary/aromatic N) is 3. The molecule has 1 atom stereocenters. The third-order valence-electron chi connectivity index (χ3n) is 8.01. The molecular weight excluding hydrogens is 516 g/mol. The van der Waals surface area contributed by atoms with Crippen molar-refractivity contribution in [2.45, 2.75) is 57.9 Å². The molecule has 1 aliphatic heterocycles. The first kappa shape index (κ1) is 29.0. The number of carbonyl (C=O) groups excluding carboxylic acids is 1. The summed E-state index contributed by atoms with van der Waals surface area (Å²) < 4.78 is 31.4. The average molecular weight is 557 g/mol. The second kappa shape index (κ2) is 10.9. The van der Waals surface area contributed by atoms with Crippen molar-refractivity contribution >= 4 is 32.8 Å². The molecule has 0 radical (unpaired) electrons. The SMILES string of the molecule is CC(=O)NC1C(C)(C)c2ccc(CCN3CCN(c4noc5ccccc45)CC3)cc2C1(C)C.CS(=O)(=O)O. The van der Waals surface area contributed by atoms with E-state index >= 15 is 0 Å². The highest BCUT2D eigenvalue weighted by Crippen LogP contribution is 2.49. The van der Waals surface area contributed by atoms with Crippen LogP contribution < -0.4 is 10.2 Å². The Balaban J connectivity index is 0.000000648. The molecule has 1 saturated heterocycles. The summed E-state index contributed by atoms with van der Waals surface area (Å²) in [5, 5.41) is 8.66. The highest BCUT2D eigenvalue weighted by molar-refractivity contribution is 7.85. The fraction of sp³-hybridized carbons (Fsp3) is 0.517. The van der Waals surface area contributed by atoms with E-state index in [-0.39, 0.29) is 22.8 Å². The van der Waals surface area contributed by atoms with Crippen LogP contribution in [0.15, 0.2) is 47.0 Å². The molecule has 2 heterocycles. The molecule has 0 saturated carbocycles. The molecule has 1 aromatic heterocycles. The Hall–Kier alpha value is -2.95. The van der Waals surface area contributed by atoms with E-state index in [9.17, 15) is 13.2 Å². The molecule has 0 spiro atoms. The third-order valence-corrected chi connectivity index (χ3v) is 8.01. The number of amides is 1. The number of hydrogen-bond donors (Lipinski definition) is 2. The van der Waals surface area contributed by atoms with Gasteiger partial charge in [-0.15, -0.1) is 0 Å². The van der Waals surface area contributed by atoms with Gasteiger partial charge < -0.3 is 14.7 Å². The molecule has 2 N–H and O–H groups in total. The molecule has 10 heteroatoms. The van der Waals surface area contributed by atoms with Crippen LogP contribution in [0.2, 0.25) is 0 Å². The minimum Gasteiger partial charge on any atom is -0.354 e. The zero-order valence-corrected chi connectivity index (χ0v) is 24.5. The van der Waals surface area contributed by atoms with Crippen molar-refractivity contribution in [1.82, 2.24) is 15.4 Å². The van der Waals surface area contributed by atoms with Crippen molar-refractivity contribution in [2.24, 2.45) is 0 Å². The molecule has 2 aliphatic rings. The number of aromatic nitrogens is 1. The summed E-state index contributed by atoms with van der Waals surface area (Å²) in [6.45, 7) is 15.6. The number of para-hydroxylation sites is 1. The van der Waals surface area contributed by atoms with Crippen LogP contribution in [0.1, 0.15) is 51.3 Å². The first-order chi connectivity index (χ1) is 18.2. The number of nitrogens with one attached hydrogen (secondary N) is 1. The van der Waals surface area contributed by atoms with E-state index < -0.39 is 10.1 Å². The van der Waals surface area contributed by atoms with Gasteiger partial charge >= 0.3 is 0 Å². The Morgan fingerprint density at radius 3 is 2.31 bits per heavy atom. The van der Waals surface area contributed by atoms with Gasteiger partial charge in [0.05, 0.1) is 11.6 Å². The van der Waals surface area contributed by atoms with Gasteiger partial charge in [-0.3, -0.25) is 14.2 Å². The number of carbonyl (C=O) groups is 1. The zero-order valence-electron chi connectivity index (χ0n) is 23.7. The van der Waals surface area contributed by atoms with Crippen LogP contribution in [0.3, 0.4) is 0 Å². The normalized spacial score (nSPS) is 20.3. The van der Waals surface area contributed by atoms with Crippen LogP contribution in [0.25, 0.3) is 11.0 Å². The van der Waals surface area contributed by atoms with Gasteiger partial charge in [0.15, 0.2) is 11.4 Å². The number of benzene rings is 2. The van der Waals surface area contributed by atoms with Gasteiger partial charge in [-0.25, -0.2) is 0 Å². The number of hydrogen-bond acceptors (Lipinski definition) is 7. The highest BCUT2D eigenvalue weighted by Gasteiger charge is 2.51. The van der Waals surface area contributed by atoms with Crippen molar-refractivity contribution in [3.05, 3.63) is 59.2 Å². The molecule has 1 unspecified atom stereocenters. The van der Waals surface area contributed by atoms with Gasteiger partial charge in [-0.1, -0.05) is 63.2 Å². The van der Waals surface area contributed by atoms with E-state index in [2.05, 4.69) is 72.2 Å². The van der Waals surface area contributed by atoms with E-state index in [1.807, 2.05) is 18.2 Å². The average Bonchev–Trinajstić information content (AvgIpc) is 3.34. The van der Waals surface area contributed by atoms with Gasteiger partial charge in [0.25, 0.3) is 10.1 Å². The number of piperazine rings is 1. The fourth-order valence-corrected chi connectivity index (χ4v) is 6.19. The number of rotatable bonds is 5. The van der Waals surface area contributed by atoms with Gasteiger partial charge in [0.1, 0.15) is 0 Å². The second-order valence-electron chi connectivity index (χ2n) is 11.8. The standard InChI is InChI=1S/C28H36N4O2.CH4O3S/c1-19(33)29-26-27(2,3)22-11-10-20(18-23(22)28(26,4)5)12-13-31-14-16-32(17-15-31)25-21-8-6-7-9-24(21)34-30-25;1-5(2,3)4/h6-11,18,26H,12-17H2,1-5H3,(H,29,33);1H3,(H,2,3,4). The van der Waals surface area contributed by atoms with Crippen molar-refractivity contribution in [1.29, 1.82) is 0 Å². The van der Waals surface area contributed by atoms with E-state index in [4.69, 9.17) is 9.08 Å². The molecule has 1 amide bonds. The van der Waals surface area contributed by atoms with E-state index in [0.717, 1.165) is 55.9 Å². The van der Waals surface area contributed by atoms with Crippen LogP contribution in [0.4, 0.5) is 5.82 Å². The smallest absolute Gasteiger partial charge is 0.261 e. The van der Waals surface area contributed by atoms with Crippen molar-refractivity contribution < 1.29 is 22.3 Å². The van der Waals surface area contributed by atoms with Crippen LogP contribution >= 0.6 is 0 Å². The maximum absolute atomic E-state index is 11.9. The van der Waals surface area contributed by atoms with Crippen LogP contribution in [0, 0.1) is 0 Å². The first-order valence-corrected chi connectivity index (χ1v) is 15.2. The molecule has 9 nitrogen and oxygen atoms in total. The molecule has 5 rings (SSSR count). The second-order valence-corrected chi connectivity index (χ2v) is 13.2. The lowest BCUT2D eigenvalue weighted by molar-refractivity contribution is -0.120. The molecule has 39 heavy (non-hydrogen) atoms. The maximum atomic E-state index is 11.9. The number of fused-ring (bicyclic) bond motifs is 2. The highest BCUT2D eigenvalue weighted by atomic mass is 32.2. The molecule has 3 aromatic rings. The van der Waals surface area contributed by atoms with Gasteiger partial charge in [0, 0.05) is 56.5 Å². The monoisotopic (exact) mass is 556 g/mol. The maximum Gasteiger partial charge on any atom is 0.261 e. The predicted molar refractivity (Wildman–Crippen MR) is 154 cm³/mol. The van der Waals surface area contributed by atoms with Gasteiger partial charge in [-0.2, -0.15) is 8.42 Å². The van der Waals surface area contributed by atoms with Crippen LogP contribution in [-0.2, 0) is 32.2 Å². The largest absolute Gasteiger partial charge is 0.354 e. The van der Waals surface area contributed by atoms with E-state index in [0.29, 0.717) is 6.26 Å². The number of anilines is 1. The molecule has 1 aliphatic carbocycles. The Morgan fingerprint density at radius 1 is 1.05 bits per heavy atom. The lowest BCUT2D eigenvalue weighted by Gasteiger charge is -2.36. The molecule has 1 fully saturated rings. The van der Waals surface area contributed by atoms with Crippen LogP contribution in [-0.4, -0.2) is 74.0 Å². The molecule has 2 aromatic carbocycles. The Kier molecular flexibility index (Phi) is 8.12. The van der Waals surface area contributed by atoms with Gasteiger partial charge in [0.2, 0.25) is 5.91 Å². The summed E-state index contributed by atoms with van der Waals surface area (Å²) >= 11 is 0. The lowest BCUT2D eigenvalue weighted by atomic mass is 9.75. The molecule has 212 valence electrons. The Labute approximate surface area is 231 Å². The first-order valence-electron chi connectivity index (χ1n) is 13.3. The summed E-state index contributed by atoms with van der Waals surface area (Å²) in [6.07, 6.45) is 1.74. The minimum absolute atomic E-state index is 0.0388. The summed E-state index contributed by atoms with van der Waals surface area (Å²) in [4.78, 5) is 16.8. The van der Waals surface area contributed by atoms with Gasteiger partial charge in [-0.05, 0) is 35.2 Å². The summed E-state index contributed by atoms with van der Waals surface area (Å²) in [7, 11) is -3.67. The van der Waals surface area contributed by atoms with Crippen molar-refractivity contribution in [3.63, 3.8) is 0 Å². The van der Waals surface area contributed by atoms with E-state index in [1.165, 1.54) is 16.7 Å². The lowest BCUT2D eigenvalue weighted by Crippen LogP contribution is -2.51. The van der Waals surface area contributed by atoms with E-state index in [1.54, 1.807) is 6.92 Å². The summed E-state index contributed by atoms with van der Waals surface area (Å²) in [5.74, 6) is 1.00. The molecule has 0 bridgehead atoms. The Bertz CT molecular complexity index is 1430. The van der Waals surface area contributed by atoms with Crippen molar-refractivity contribution in [3.8, 4) is 0 Å². The fourth-order valence-electron chi connectivity index (χ4n) is 6.19. The third kappa shape index (κ3) is 6.45. The summed E-state index contributed by atoms with van der Waals surface area (Å²) in [5.41, 5.74) is 4.75. The minimum atomic E-state index is -3.67. The van der Waals surface area contributed by atoms with Crippen LogP contribution in [0.5, 0.6) is 0 Å². The predicted octanol–water partition coefficient (Wildman–Crippen LogP) is 3.77.